The molecule has 1 atom stereocenters. The third kappa shape index (κ3) is 3.14. The van der Waals surface area contributed by atoms with Crippen molar-refractivity contribution in [3.8, 4) is 6.07 Å². The van der Waals surface area contributed by atoms with Crippen LogP contribution in [-0.4, -0.2) is 46.7 Å². The molecule has 0 aromatic carbocycles. The van der Waals surface area contributed by atoms with Crippen molar-refractivity contribution in [2.75, 3.05) is 20.2 Å². The lowest BCUT2D eigenvalue weighted by Crippen LogP contribution is -2.40. The van der Waals surface area contributed by atoms with E-state index in [-0.39, 0.29) is 5.92 Å². The number of ether oxygens (including phenoxy) is 1. The molecular weight excluding hydrogens is 306 g/mol. The molecule has 1 N–H and O–H groups in total. The van der Waals surface area contributed by atoms with Crippen LogP contribution in [0.2, 0.25) is 0 Å². The van der Waals surface area contributed by atoms with Crippen molar-refractivity contribution in [3.63, 3.8) is 0 Å². The van der Waals surface area contributed by atoms with E-state index in [2.05, 4.69) is 15.7 Å². The minimum atomic E-state index is -1.04. The second kappa shape index (κ2) is 7.04. The Balaban J connectivity index is 1.67. The van der Waals surface area contributed by atoms with Crippen LogP contribution in [0.15, 0.2) is 30.6 Å². The fraction of sp³-hybridized carbons (Fsp3) is 0.444. The summed E-state index contributed by atoms with van der Waals surface area (Å²) in [5.74, 6) is -0.615. The van der Waals surface area contributed by atoms with Crippen LogP contribution in [-0.2, 0) is 16.1 Å². The summed E-state index contributed by atoms with van der Waals surface area (Å²) >= 11 is 0. The van der Waals surface area contributed by atoms with Gasteiger partial charge in [0.2, 0.25) is 0 Å². The smallest absolute Gasteiger partial charge is 0.334 e. The zero-order chi connectivity index (χ0) is 17.1. The highest BCUT2D eigenvalue weighted by Gasteiger charge is 2.30. The van der Waals surface area contributed by atoms with Gasteiger partial charge in [0.15, 0.2) is 6.10 Å². The number of rotatable bonds is 4. The van der Waals surface area contributed by atoms with E-state index in [1.165, 1.54) is 7.11 Å². The van der Waals surface area contributed by atoms with Gasteiger partial charge in [-0.1, -0.05) is 6.07 Å². The Hall–Kier alpha value is -2.36. The molecule has 6 nitrogen and oxygen atoms in total. The Bertz CT molecular complexity index is 769. The van der Waals surface area contributed by atoms with Gasteiger partial charge in [-0.2, -0.15) is 5.26 Å². The number of nitrogens with zero attached hydrogens (tertiary/aromatic N) is 3. The number of methoxy groups -OCH3 is 1. The van der Waals surface area contributed by atoms with Crippen molar-refractivity contribution in [2.24, 2.45) is 5.92 Å². The minimum absolute atomic E-state index is 0.0581. The second-order valence-corrected chi connectivity index (χ2v) is 6.22. The molecule has 0 aliphatic carbocycles. The van der Waals surface area contributed by atoms with Gasteiger partial charge < -0.3 is 14.2 Å². The average Bonchev–Trinajstić information content (AvgIpc) is 2.98. The lowest BCUT2D eigenvalue weighted by atomic mass is 9.91. The Kier molecular flexibility index (Phi) is 4.84. The largest absolute Gasteiger partial charge is 0.467 e. The zero-order valence-electron chi connectivity index (χ0n) is 13.7. The van der Waals surface area contributed by atoms with Gasteiger partial charge in [0.05, 0.1) is 18.2 Å². The minimum Gasteiger partial charge on any atom is -0.467 e. The van der Waals surface area contributed by atoms with Crippen molar-refractivity contribution < 1.29 is 14.6 Å². The normalized spacial score (nSPS) is 17.5. The zero-order valence-corrected chi connectivity index (χ0v) is 13.7. The topological polar surface area (TPSA) is 78.0 Å². The van der Waals surface area contributed by atoms with E-state index < -0.39 is 12.1 Å². The molecule has 3 rings (SSSR count). The van der Waals surface area contributed by atoms with Crippen molar-refractivity contribution in [1.82, 2.24) is 9.30 Å². The van der Waals surface area contributed by atoms with Gasteiger partial charge >= 0.3 is 5.97 Å². The third-order valence-corrected chi connectivity index (χ3v) is 4.79. The van der Waals surface area contributed by atoms with Crippen molar-refractivity contribution in [3.05, 3.63) is 41.7 Å². The van der Waals surface area contributed by atoms with E-state index in [0.717, 1.165) is 37.0 Å². The lowest BCUT2D eigenvalue weighted by Gasteiger charge is -2.33. The van der Waals surface area contributed by atoms with Crippen LogP contribution in [0.3, 0.4) is 0 Å². The van der Waals surface area contributed by atoms with Crippen LogP contribution in [0, 0.1) is 17.2 Å². The summed E-state index contributed by atoms with van der Waals surface area (Å²) in [7, 11) is 1.29. The SMILES string of the molecule is COC(=O)[C@H](O)C1CCN(Cc2cn3ccccc3c2C#N)CC1. The highest BCUT2D eigenvalue weighted by molar-refractivity contribution is 5.74. The number of hydrogen-bond donors (Lipinski definition) is 1. The monoisotopic (exact) mass is 327 g/mol. The van der Waals surface area contributed by atoms with E-state index in [0.29, 0.717) is 12.1 Å². The first-order valence-corrected chi connectivity index (χ1v) is 8.11. The van der Waals surface area contributed by atoms with Gasteiger partial charge in [0.1, 0.15) is 6.07 Å². The summed E-state index contributed by atoms with van der Waals surface area (Å²) in [5, 5.41) is 19.4. The number of aromatic nitrogens is 1. The quantitative estimate of drug-likeness (QED) is 0.862. The van der Waals surface area contributed by atoms with Gasteiger partial charge in [-0.05, 0) is 44.0 Å². The fourth-order valence-corrected chi connectivity index (χ4v) is 3.41. The Labute approximate surface area is 140 Å². The van der Waals surface area contributed by atoms with Crippen LogP contribution < -0.4 is 0 Å². The average molecular weight is 327 g/mol. The van der Waals surface area contributed by atoms with Crippen LogP contribution in [0.4, 0.5) is 0 Å². The predicted octanol–water partition coefficient (Wildman–Crippen LogP) is 1.56. The maximum absolute atomic E-state index is 11.4. The summed E-state index contributed by atoms with van der Waals surface area (Å²) in [6, 6.07) is 8.13. The molecule has 1 aliphatic rings. The molecule has 0 radical (unpaired) electrons. The molecular formula is C18H21N3O3. The van der Waals surface area contributed by atoms with Crippen LogP contribution >= 0.6 is 0 Å². The molecule has 1 aliphatic heterocycles. The van der Waals surface area contributed by atoms with E-state index in [1.54, 1.807) is 0 Å². The number of pyridine rings is 1. The van der Waals surface area contributed by atoms with E-state index in [9.17, 15) is 15.2 Å². The molecule has 0 saturated carbocycles. The Morgan fingerprint density at radius 1 is 1.46 bits per heavy atom. The maximum atomic E-state index is 11.4. The van der Waals surface area contributed by atoms with Crippen LogP contribution in [0.25, 0.3) is 5.52 Å². The number of aliphatic hydroxyl groups is 1. The van der Waals surface area contributed by atoms with E-state index in [4.69, 9.17) is 0 Å². The number of carbonyl (C=O) groups excluding carboxylic acids is 1. The van der Waals surface area contributed by atoms with Crippen molar-refractivity contribution in [2.45, 2.75) is 25.5 Å². The maximum Gasteiger partial charge on any atom is 0.334 e. The Morgan fingerprint density at radius 2 is 2.21 bits per heavy atom. The standard InChI is InChI=1S/C18H21N3O3/c1-24-18(23)17(22)13-5-8-20(9-6-13)11-14-12-21-7-3-2-4-16(21)15(14)10-19/h2-4,7,12-13,17,22H,5-6,8-9,11H2,1H3/t17-/m1/s1. The second-order valence-electron chi connectivity index (χ2n) is 6.22. The molecule has 0 spiro atoms. The van der Waals surface area contributed by atoms with Crippen LogP contribution in [0.1, 0.15) is 24.0 Å². The molecule has 126 valence electrons. The number of esters is 1. The molecule has 0 unspecified atom stereocenters. The summed E-state index contributed by atoms with van der Waals surface area (Å²) in [6.45, 7) is 2.27. The van der Waals surface area contributed by atoms with Gasteiger partial charge in [0.25, 0.3) is 0 Å². The number of hydrogen-bond acceptors (Lipinski definition) is 5. The van der Waals surface area contributed by atoms with Gasteiger partial charge in [0, 0.05) is 24.5 Å². The number of likely N-dealkylation sites (tertiary alicyclic amines) is 1. The molecule has 2 aromatic rings. The summed E-state index contributed by atoms with van der Waals surface area (Å²) in [5.41, 5.74) is 2.65. The number of piperidine rings is 1. The molecule has 0 bridgehead atoms. The van der Waals surface area contributed by atoms with Gasteiger partial charge in [-0.3, -0.25) is 4.90 Å². The molecule has 2 aromatic heterocycles. The summed E-state index contributed by atoms with van der Waals surface area (Å²) in [4.78, 5) is 13.7. The molecule has 24 heavy (non-hydrogen) atoms. The fourth-order valence-electron chi connectivity index (χ4n) is 3.41. The predicted molar refractivity (Wildman–Crippen MR) is 88.1 cm³/mol. The van der Waals surface area contributed by atoms with Crippen LogP contribution in [0.5, 0.6) is 0 Å². The number of fused-ring (bicyclic) bond motifs is 1. The first-order chi connectivity index (χ1) is 11.6. The highest BCUT2D eigenvalue weighted by atomic mass is 16.5. The lowest BCUT2D eigenvalue weighted by molar-refractivity contribution is -0.154. The van der Waals surface area contributed by atoms with Crippen molar-refractivity contribution in [1.29, 1.82) is 5.26 Å². The number of nitriles is 1. The number of carbonyl (C=O) groups is 1. The molecule has 1 fully saturated rings. The van der Waals surface area contributed by atoms with E-state index in [1.807, 2.05) is 35.0 Å². The number of aliphatic hydroxyl groups excluding tert-OH is 1. The first-order valence-electron chi connectivity index (χ1n) is 8.11. The third-order valence-electron chi connectivity index (χ3n) is 4.79. The molecule has 1 saturated heterocycles. The molecule has 0 amide bonds. The van der Waals surface area contributed by atoms with Crippen molar-refractivity contribution >= 4 is 11.5 Å². The highest BCUT2D eigenvalue weighted by Crippen LogP contribution is 2.25. The first kappa shape index (κ1) is 16.5. The summed E-state index contributed by atoms with van der Waals surface area (Å²) < 4.78 is 6.58. The summed E-state index contributed by atoms with van der Waals surface area (Å²) in [6.07, 6.45) is 4.39. The van der Waals surface area contributed by atoms with E-state index >= 15 is 0 Å². The molecule has 6 heteroatoms. The van der Waals surface area contributed by atoms with Gasteiger partial charge in [-0.25, -0.2) is 4.79 Å². The Morgan fingerprint density at radius 3 is 2.88 bits per heavy atom. The molecule has 3 heterocycles. The van der Waals surface area contributed by atoms with Gasteiger partial charge in [-0.15, -0.1) is 0 Å².